The average Bonchev–Trinajstić information content (AvgIpc) is 3.12. The summed E-state index contributed by atoms with van der Waals surface area (Å²) in [5.41, 5.74) is 6.84. The molecule has 0 spiro atoms. The zero-order chi connectivity index (χ0) is 25.2. The molecule has 0 bridgehead atoms. The van der Waals surface area contributed by atoms with Crippen LogP contribution in [0.3, 0.4) is 0 Å². The Hall–Kier alpha value is -2.66. The first kappa shape index (κ1) is 25.0. The molecule has 3 nitrogen and oxygen atoms in total. The molecule has 36 heavy (non-hydrogen) atoms. The van der Waals surface area contributed by atoms with Crippen molar-refractivity contribution in [2.45, 2.75) is 64.0 Å². The normalized spacial score (nSPS) is 15.4. The van der Waals surface area contributed by atoms with E-state index in [4.69, 9.17) is 4.43 Å². The van der Waals surface area contributed by atoms with E-state index in [-0.39, 0.29) is 5.60 Å². The zero-order valence-electron chi connectivity index (χ0n) is 22.3. The number of aromatic nitrogens is 1. The Labute approximate surface area is 217 Å². The van der Waals surface area contributed by atoms with E-state index in [2.05, 4.69) is 121 Å². The van der Waals surface area contributed by atoms with Gasteiger partial charge in [0, 0.05) is 37.6 Å². The lowest BCUT2D eigenvalue weighted by Crippen LogP contribution is -2.47. The van der Waals surface area contributed by atoms with Crippen molar-refractivity contribution >= 4 is 19.2 Å². The lowest BCUT2D eigenvalue weighted by molar-refractivity contribution is -0.0267. The molecule has 1 aromatic heterocycles. The highest BCUT2D eigenvalue weighted by Gasteiger charge is 2.46. The molecular weight excluding hydrogens is 456 g/mol. The van der Waals surface area contributed by atoms with Gasteiger partial charge < -0.3 is 8.99 Å². The number of rotatable bonds is 10. The van der Waals surface area contributed by atoms with Crippen LogP contribution in [0.15, 0.2) is 84.9 Å². The first-order valence-corrected chi connectivity index (χ1v) is 16.8. The van der Waals surface area contributed by atoms with Gasteiger partial charge in [-0.2, -0.15) is 0 Å². The van der Waals surface area contributed by atoms with Gasteiger partial charge in [-0.3, -0.25) is 4.90 Å². The fourth-order valence-electron chi connectivity index (χ4n) is 5.94. The highest BCUT2D eigenvalue weighted by molar-refractivity contribution is 6.69. The van der Waals surface area contributed by atoms with E-state index in [1.165, 1.54) is 39.7 Å². The summed E-state index contributed by atoms with van der Waals surface area (Å²) < 4.78 is 9.45. The Morgan fingerprint density at radius 3 is 1.89 bits per heavy atom. The maximum Gasteiger partial charge on any atom is 0.185 e. The molecular formula is C32H40N2OSi. The summed E-state index contributed by atoms with van der Waals surface area (Å²) in [7, 11) is 0.540. The monoisotopic (exact) mass is 496 g/mol. The van der Waals surface area contributed by atoms with Gasteiger partial charge in [-0.15, -0.1) is 0 Å². The van der Waals surface area contributed by atoms with Gasteiger partial charge in [0.2, 0.25) is 0 Å². The molecule has 0 amide bonds. The summed E-state index contributed by atoms with van der Waals surface area (Å²) in [5, 5.41) is 1.39. The predicted octanol–water partition coefficient (Wildman–Crippen LogP) is 7.65. The highest BCUT2D eigenvalue weighted by Crippen LogP contribution is 2.49. The smallest absolute Gasteiger partial charge is 0.185 e. The lowest BCUT2D eigenvalue weighted by Gasteiger charge is -2.47. The van der Waals surface area contributed by atoms with Crippen molar-refractivity contribution in [3.05, 3.63) is 107 Å². The molecule has 3 aromatic carbocycles. The SMILES string of the molecule is Cn1c(C2(O[Si](C)(C)C)CCC2)c(CCN(Cc2ccccc2)Cc2ccccc2)c2ccccc21. The van der Waals surface area contributed by atoms with Crippen LogP contribution in [0, 0.1) is 0 Å². The molecule has 0 N–H and O–H groups in total. The van der Waals surface area contributed by atoms with Gasteiger partial charge in [-0.1, -0.05) is 78.9 Å². The molecule has 1 aliphatic rings. The standard InChI is InChI=1S/C32H40N2OSi/c1-33-30-19-12-11-18-28(30)29(31(33)32(21-13-22-32)35-36(2,3)4)20-23-34(24-26-14-7-5-8-15-26)25-27-16-9-6-10-17-27/h5-12,14-19H,13,20-25H2,1-4H3. The average molecular weight is 497 g/mol. The van der Waals surface area contributed by atoms with E-state index in [1.54, 1.807) is 0 Å². The maximum absolute atomic E-state index is 7.00. The first-order chi connectivity index (χ1) is 17.3. The second-order valence-electron chi connectivity index (χ2n) is 11.4. The first-order valence-electron chi connectivity index (χ1n) is 13.4. The third-order valence-corrected chi connectivity index (χ3v) is 8.49. The van der Waals surface area contributed by atoms with Crippen molar-refractivity contribution in [1.82, 2.24) is 9.47 Å². The summed E-state index contributed by atoms with van der Waals surface area (Å²) >= 11 is 0. The summed E-state index contributed by atoms with van der Waals surface area (Å²) in [4.78, 5) is 2.60. The van der Waals surface area contributed by atoms with Crippen LogP contribution in [0.2, 0.25) is 19.6 Å². The molecule has 0 aliphatic heterocycles. The predicted molar refractivity (Wildman–Crippen MR) is 154 cm³/mol. The molecule has 4 aromatic rings. The Morgan fingerprint density at radius 2 is 1.36 bits per heavy atom. The van der Waals surface area contributed by atoms with E-state index in [0.717, 1.165) is 38.9 Å². The fraction of sp³-hybridized carbons (Fsp3) is 0.375. The largest absolute Gasteiger partial charge is 0.407 e. The van der Waals surface area contributed by atoms with Crippen LogP contribution in [0.25, 0.3) is 10.9 Å². The van der Waals surface area contributed by atoms with E-state index in [0.29, 0.717) is 0 Å². The number of para-hydroxylation sites is 1. The Balaban J connectivity index is 1.49. The minimum absolute atomic E-state index is 0.128. The van der Waals surface area contributed by atoms with Crippen molar-refractivity contribution < 1.29 is 4.43 Å². The number of aryl methyl sites for hydroxylation is 1. The summed E-state index contributed by atoms with van der Waals surface area (Å²) in [6.07, 6.45) is 4.53. The molecule has 0 atom stereocenters. The highest BCUT2D eigenvalue weighted by atomic mass is 28.4. The van der Waals surface area contributed by atoms with Crippen LogP contribution in [0.5, 0.6) is 0 Å². The number of benzene rings is 3. The van der Waals surface area contributed by atoms with Gasteiger partial charge in [0.15, 0.2) is 8.32 Å². The van der Waals surface area contributed by atoms with Crippen LogP contribution >= 0.6 is 0 Å². The van der Waals surface area contributed by atoms with E-state index < -0.39 is 8.32 Å². The molecule has 5 rings (SSSR count). The van der Waals surface area contributed by atoms with Gasteiger partial charge in [0.25, 0.3) is 0 Å². The molecule has 4 heteroatoms. The molecule has 1 heterocycles. The van der Waals surface area contributed by atoms with E-state index >= 15 is 0 Å². The second-order valence-corrected chi connectivity index (χ2v) is 15.8. The summed E-state index contributed by atoms with van der Waals surface area (Å²) in [6.45, 7) is 9.90. The molecule has 0 unspecified atom stereocenters. The quantitative estimate of drug-likeness (QED) is 0.210. The molecule has 0 saturated heterocycles. The minimum Gasteiger partial charge on any atom is -0.407 e. The topological polar surface area (TPSA) is 17.4 Å². The van der Waals surface area contributed by atoms with Gasteiger partial charge in [0.1, 0.15) is 0 Å². The second kappa shape index (κ2) is 10.4. The van der Waals surface area contributed by atoms with Crippen molar-refractivity contribution in [3.63, 3.8) is 0 Å². The van der Waals surface area contributed by atoms with Crippen LogP contribution in [-0.2, 0) is 36.6 Å². The molecule has 1 saturated carbocycles. The molecule has 0 radical (unpaired) electrons. The van der Waals surface area contributed by atoms with Crippen molar-refractivity contribution in [1.29, 1.82) is 0 Å². The Kier molecular flexibility index (Phi) is 7.20. The van der Waals surface area contributed by atoms with Gasteiger partial charge in [0.05, 0.1) is 11.3 Å². The number of hydrogen-bond donors (Lipinski definition) is 0. The Morgan fingerprint density at radius 1 is 0.806 bits per heavy atom. The number of nitrogens with zero attached hydrogens (tertiary/aromatic N) is 2. The van der Waals surface area contributed by atoms with E-state index in [1.807, 2.05) is 0 Å². The summed E-state index contributed by atoms with van der Waals surface area (Å²) in [6, 6.07) is 30.7. The molecule has 1 fully saturated rings. The lowest BCUT2D eigenvalue weighted by atomic mass is 9.76. The maximum atomic E-state index is 7.00. The van der Waals surface area contributed by atoms with Gasteiger partial charge in [-0.05, 0) is 68.1 Å². The zero-order valence-corrected chi connectivity index (χ0v) is 23.3. The van der Waals surface area contributed by atoms with Gasteiger partial charge in [-0.25, -0.2) is 0 Å². The van der Waals surface area contributed by atoms with Crippen LogP contribution < -0.4 is 0 Å². The molecule has 188 valence electrons. The van der Waals surface area contributed by atoms with Crippen molar-refractivity contribution in [2.24, 2.45) is 7.05 Å². The summed E-state index contributed by atoms with van der Waals surface area (Å²) in [5.74, 6) is 0. The minimum atomic E-state index is -1.71. The van der Waals surface area contributed by atoms with Crippen molar-refractivity contribution in [2.75, 3.05) is 6.54 Å². The number of hydrogen-bond acceptors (Lipinski definition) is 2. The van der Waals surface area contributed by atoms with Crippen LogP contribution in [-0.4, -0.2) is 24.3 Å². The van der Waals surface area contributed by atoms with E-state index in [9.17, 15) is 0 Å². The van der Waals surface area contributed by atoms with Crippen molar-refractivity contribution in [3.8, 4) is 0 Å². The number of fused-ring (bicyclic) bond motifs is 1. The van der Waals surface area contributed by atoms with Crippen LogP contribution in [0.4, 0.5) is 0 Å². The van der Waals surface area contributed by atoms with Crippen LogP contribution in [0.1, 0.15) is 41.6 Å². The Bertz CT molecular complexity index is 1240. The third-order valence-electron chi connectivity index (χ3n) is 7.48. The fourth-order valence-corrected chi connectivity index (χ4v) is 7.42. The third kappa shape index (κ3) is 5.36. The molecule has 1 aliphatic carbocycles. The van der Waals surface area contributed by atoms with Gasteiger partial charge >= 0.3 is 0 Å².